The molecule has 0 bridgehead atoms. The van der Waals surface area contributed by atoms with E-state index in [1.165, 1.54) is 12.3 Å². The normalized spacial score (nSPS) is 14.4. The van der Waals surface area contributed by atoms with Gasteiger partial charge in [-0.05, 0) is 26.0 Å². The van der Waals surface area contributed by atoms with Crippen molar-refractivity contribution in [2.45, 2.75) is 20.4 Å². The molecule has 2 N–H and O–H groups in total. The van der Waals surface area contributed by atoms with E-state index in [-0.39, 0.29) is 22.8 Å². The molecule has 2 aromatic rings. The number of benzene rings is 1. The van der Waals surface area contributed by atoms with E-state index in [2.05, 4.69) is 0 Å². The number of phenolic OH excluding ortho intramolecular Hbond substituents is 1. The van der Waals surface area contributed by atoms with Gasteiger partial charge >= 0.3 is 12.1 Å². The number of pyridine rings is 1. The van der Waals surface area contributed by atoms with E-state index in [9.17, 15) is 24.6 Å². The number of hydrogen-bond donors (Lipinski definition) is 2. The number of phenols is 1. The fourth-order valence-corrected chi connectivity index (χ4v) is 3.43. The van der Waals surface area contributed by atoms with Crippen molar-refractivity contribution in [3.05, 3.63) is 34.1 Å². The quantitative estimate of drug-likeness (QED) is 0.818. The molecule has 0 saturated carbocycles. The third-order valence-electron chi connectivity index (χ3n) is 4.89. The zero-order chi connectivity index (χ0) is 20.4. The molecule has 150 valence electrons. The van der Waals surface area contributed by atoms with Gasteiger partial charge in [0.2, 0.25) is 5.43 Å². The van der Waals surface area contributed by atoms with Gasteiger partial charge in [0.1, 0.15) is 11.3 Å². The molecule has 28 heavy (non-hydrogen) atoms. The van der Waals surface area contributed by atoms with Crippen molar-refractivity contribution in [3.63, 3.8) is 0 Å². The molecule has 1 aromatic heterocycles. The number of carbonyl (C=O) groups excluding carboxylic acids is 1. The Morgan fingerprint density at radius 2 is 1.82 bits per heavy atom. The van der Waals surface area contributed by atoms with Crippen molar-refractivity contribution in [1.29, 1.82) is 0 Å². The molecule has 1 aromatic carbocycles. The summed E-state index contributed by atoms with van der Waals surface area (Å²) in [6, 6.07) is 3.02. The van der Waals surface area contributed by atoms with E-state index >= 15 is 0 Å². The summed E-state index contributed by atoms with van der Waals surface area (Å²) >= 11 is 0. The molecule has 0 atom stereocenters. The van der Waals surface area contributed by atoms with Crippen LogP contribution in [0.15, 0.2) is 23.1 Å². The van der Waals surface area contributed by atoms with Crippen molar-refractivity contribution in [2.75, 3.05) is 37.7 Å². The largest absolute Gasteiger partial charge is 0.506 e. The summed E-state index contributed by atoms with van der Waals surface area (Å²) in [4.78, 5) is 39.2. The fourth-order valence-electron chi connectivity index (χ4n) is 3.43. The van der Waals surface area contributed by atoms with Crippen LogP contribution in [0.5, 0.6) is 5.75 Å². The third kappa shape index (κ3) is 3.47. The maximum Gasteiger partial charge on any atom is 0.409 e. The molecular weight excluding hydrogens is 366 g/mol. The summed E-state index contributed by atoms with van der Waals surface area (Å²) in [5.41, 5.74) is 0.143. The van der Waals surface area contributed by atoms with Crippen molar-refractivity contribution >= 4 is 28.7 Å². The number of amides is 1. The number of ether oxygens (including phenoxy) is 1. The van der Waals surface area contributed by atoms with Crippen LogP contribution in [0.1, 0.15) is 24.2 Å². The zero-order valence-electron chi connectivity index (χ0n) is 15.8. The van der Waals surface area contributed by atoms with Gasteiger partial charge in [0, 0.05) is 38.9 Å². The summed E-state index contributed by atoms with van der Waals surface area (Å²) in [6.45, 7) is 6.30. The molecule has 9 nitrogen and oxygen atoms in total. The smallest absolute Gasteiger partial charge is 0.409 e. The average molecular weight is 389 g/mol. The maximum absolute atomic E-state index is 12.5. The predicted molar refractivity (Wildman–Crippen MR) is 103 cm³/mol. The highest BCUT2D eigenvalue weighted by atomic mass is 16.6. The molecule has 2 heterocycles. The summed E-state index contributed by atoms with van der Waals surface area (Å²) in [6.07, 6.45) is 0.970. The second-order valence-corrected chi connectivity index (χ2v) is 6.49. The Kier molecular flexibility index (Phi) is 5.43. The van der Waals surface area contributed by atoms with Gasteiger partial charge in [-0.3, -0.25) is 4.79 Å². The Morgan fingerprint density at radius 1 is 1.14 bits per heavy atom. The zero-order valence-corrected chi connectivity index (χ0v) is 15.8. The minimum Gasteiger partial charge on any atom is -0.506 e. The molecule has 0 radical (unpaired) electrons. The van der Waals surface area contributed by atoms with E-state index in [0.29, 0.717) is 50.5 Å². The number of aromatic carboxylic acids is 1. The predicted octanol–water partition coefficient (Wildman–Crippen LogP) is 1.70. The number of nitrogens with zero attached hydrogens (tertiary/aromatic N) is 3. The Labute approximate surface area is 161 Å². The topological polar surface area (TPSA) is 112 Å². The SMILES string of the molecule is CCOC(=O)N1CCN(c2cc3c(cc2O)c(=O)c(C(=O)O)cn3CC)CC1. The van der Waals surface area contributed by atoms with Gasteiger partial charge in [0.25, 0.3) is 0 Å². The maximum atomic E-state index is 12.5. The van der Waals surface area contributed by atoms with E-state index in [1.54, 1.807) is 22.5 Å². The molecule has 9 heteroatoms. The van der Waals surface area contributed by atoms with Gasteiger partial charge < -0.3 is 29.3 Å². The summed E-state index contributed by atoms with van der Waals surface area (Å²) < 4.78 is 6.69. The number of fused-ring (bicyclic) bond motifs is 1. The lowest BCUT2D eigenvalue weighted by Gasteiger charge is -2.35. The van der Waals surface area contributed by atoms with Gasteiger partial charge in [-0.15, -0.1) is 0 Å². The second kappa shape index (κ2) is 7.79. The van der Waals surface area contributed by atoms with E-state index in [0.717, 1.165) is 0 Å². The van der Waals surface area contributed by atoms with Crippen molar-refractivity contribution in [3.8, 4) is 5.75 Å². The van der Waals surface area contributed by atoms with Crippen LogP contribution in [0, 0.1) is 0 Å². The number of piperazine rings is 1. The molecular formula is C19H23N3O6. The fraction of sp³-hybridized carbons (Fsp3) is 0.421. The Hall–Kier alpha value is -3.23. The van der Waals surface area contributed by atoms with Crippen LogP contribution in [0.3, 0.4) is 0 Å². The molecule has 0 aliphatic carbocycles. The first kappa shape index (κ1) is 19.5. The number of aromatic nitrogens is 1. The lowest BCUT2D eigenvalue weighted by molar-refractivity contribution is 0.0694. The molecule has 3 rings (SSSR count). The van der Waals surface area contributed by atoms with Crippen molar-refractivity contribution in [2.24, 2.45) is 0 Å². The monoisotopic (exact) mass is 389 g/mol. The van der Waals surface area contributed by atoms with Crippen LogP contribution >= 0.6 is 0 Å². The lowest BCUT2D eigenvalue weighted by atomic mass is 10.1. The van der Waals surface area contributed by atoms with Gasteiger partial charge in [-0.25, -0.2) is 9.59 Å². The van der Waals surface area contributed by atoms with E-state index in [4.69, 9.17) is 4.74 Å². The van der Waals surface area contributed by atoms with Crippen molar-refractivity contribution in [1.82, 2.24) is 9.47 Å². The summed E-state index contributed by atoms with van der Waals surface area (Å²) in [5, 5.41) is 19.9. The van der Waals surface area contributed by atoms with Crippen LogP contribution in [0.4, 0.5) is 10.5 Å². The number of carbonyl (C=O) groups is 2. The average Bonchev–Trinajstić information content (AvgIpc) is 2.68. The Morgan fingerprint density at radius 3 is 2.39 bits per heavy atom. The second-order valence-electron chi connectivity index (χ2n) is 6.49. The number of carboxylic acid groups (broad SMARTS) is 1. The number of hydrogen-bond acceptors (Lipinski definition) is 6. The lowest BCUT2D eigenvalue weighted by Crippen LogP contribution is -2.49. The van der Waals surface area contributed by atoms with Crippen LogP contribution in [-0.2, 0) is 11.3 Å². The molecule has 1 fully saturated rings. The molecule has 0 spiro atoms. The third-order valence-corrected chi connectivity index (χ3v) is 4.89. The van der Waals surface area contributed by atoms with Crippen LogP contribution in [-0.4, -0.2) is 64.5 Å². The van der Waals surface area contributed by atoms with E-state index < -0.39 is 11.4 Å². The minimum absolute atomic E-state index is 0.0978. The van der Waals surface area contributed by atoms with Crippen LogP contribution in [0.25, 0.3) is 10.9 Å². The van der Waals surface area contributed by atoms with Crippen LogP contribution in [0.2, 0.25) is 0 Å². The number of aryl methyl sites for hydroxylation is 1. The number of carboxylic acids is 1. The highest BCUT2D eigenvalue weighted by molar-refractivity contribution is 5.94. The van der Waals surface area contributed by atoms with Gasteiger partial charge in [0.15, 0.2) is 0 Å². The summed E-state index contributed by atoms with van der Waals surface area (Å²) in [5.74, 6) is -1.40. The minimum atomic E-state index is -1.30. The number of rotatable bonds is 4. The Bertz CT molecular complexity index is 976. The molecule has 1 aliphatic heterocycles. The number of aromatic hydroxyl groups is 1. The molecule has 0 unspecified atom stereocenters. The van der Waals surface area contributed by atoms with Gasteiger partial charge in [-0.1, -0.05) is 0 Å². The molecule has 1 aliphatic rings. The van der Waals surface area contributed by atoms with Crippen molar-refractivity contribution < 1.29 is 24.5 Å². The molecule has 1 saturated heterocycles. The Balaban J connectivity index is 1.97. The van der Waals surface area contributed by atoms with E-state index in [1.807, 2.05) is 11.8 Å². The van der Waals surface area contributed by atoms with Gasteiger partial charge in [-0.2, -0.15) is 0 Å². The first-order valence-electron chi connectivity index (χ1n) is 9.17. The van der Waals surface area contributed by atoms with Gasteiger partial charge in [0.05, 0.1) is 23.2 Å². The highest BCUT2D eigenvalue weighted by Gasteiger charge is 2.24. The highest BCUT2D eigenvalue weighted by Crippen LogP contribution is 2.32. The first-order valence-corrected chi connectivity index (χ1v) is 9.17. The van der Waals surface area contributed by atoms with Crippen LogP contribution < -0.4 is 10.3 Å². The standard InChI is InChI=1S/C19H23N3O6/c1-3-20-11-13(18(25)26)17(24)12-9-16(23)15(10-14(12)20)21-5-7-22(8-6-21)19(27)28-4-2/h9-11,23H,3-8H2,1-2H3,(H,25,26). The summed E-state index contributed by atoms with van der Waals surface area (Å²) in [7, 11) is 0. The first-order chi connectivity index (χ1) is 13.4. The molecule has 1 amide bonds. The number of anilines is 1.